The molecule has 0 spiro atoms. The van der Waals surface area contributed by atoms with Crippen molar-refractivity contribution >= 4 is 40.6 Å². The van der Waals surface area contributed by atoms with Gasteiger partial charge < -0.3 is 0 Å². The lowest BCUT2D eigenvalue weighted by Crippen LogP contribution is -2.38. The highest BCUT2D eigenvalue weighted by Gasteiger charge is 2.25. The zero-order valence-electron chi connectivity index (χ0n) is 12.6. The van der Waals surface area contributed by atoms with Crippen LogP contribution in [0, 0.1) is 0 Å². The molecule has 3 rings (SSSR count). The van der Waals surface area contributed by atoms with E-state index in [-0.39, 0.29) is 5.78 Å². The third-order valence-corrected chi connectivity index (χ3v) is 5.08. The Balaban J connectivity index is 1.91. The topological polar surface area (TPSA) is 20.3 Å². The van der Waals surface area contributed by atoms with E-state index in [9.17, 15) is 4.79 Å². The van der Waals surface area contributed by atoms with Crippen molar-refractivity contribution in [1.82, 2.24) is 4.90 Å². The van der Waals surface area contributed by atoms with Gasteiger partial charge in [0.1, 0.15) is 0 Å². The van der Waals surface area contributed by atoms with Gasteiger partial charge in [0.05, 0.1) is 0 Å². The van der Waals surface area contributed by atoms with Crippen LogP contribution in [0.25, 0.3) is 12.2 Å². The maximum Gasteiger partial charge on any atom is 0.187 e. The van der Waals surface area contributed by atoms with Crippen LogP contribution in [-0.4, -0.2) is 30.3 Å². The van der Waals surface area contributed by atoms with E-state index >= 15 is 0 Å². The molecule has 22 heavy (non-hydrogen) atoms. The molecule has 0 aliphatic carbocycles. The van der Waals surface area contributed by atoms with Crippen LogP contribution in [0.15, 0.2) is 44.8 Å². The molecule has 2 nitrogen and oxygen atoms in total. The predicted molar refractivity (Wildman–Crippen MR) is 96.3 cm³/mol. The van der Waals surface area contributed by atoms with Crippen molar-refractivity contribution in [3.63, 3.8) is 0 Å². The number of thiophene rings is 2. The molecule has 0 amide bonds. The maximum absolute atomic E-state index is 12.8. The van der Waals surface area contributed by atoms with Gasteiger partial charge in [0, 0.05) is 24.2 Å². The van der Waals surface area contributed by atoms with Crippen LogP contribution in [0.5, 0.6) is 0 Å². The highest BCUT2D eigenvalue weighted by molar-refractivity contribution is 7.08. The summed E-state index contributed by atoms with van der Waals surface area (Å²) in [6.45, 7) is 4.71. The fourth-order valence-electron chi connectivity index (χ4n) is 2.70. The molecule has 0 saturated carbocycles. The zero-order chi connectivity index (χ0) is 15.4. The molecule has 1 saturated heterocycles. The number of hydrogen-bond donors (Lipinski definition) is 0. The van der Waals surface area contributed by atoms with Gasteiger partial charge in [-0.1, -0.05) is 6.92 Å². The molecule has 1 aliphatic heterocycles. The van der Waals surface area contributed by atoms with E-state index in [0.29, 0.717) is 0 Å². The first-order valence-corrected chi connectivity index (χ1v) is 9.37. The molecular weight excluding hydrogens is 310 g/mol. The Morgan fingerprint density at radius 2 is 1.59 bits per heavy atom. The van der Waals surface area contributed by atoms with E-state index in [4.69, 9.17) is 0 Å². The first-order chi connectivity index (χ1) is 10.8. The highest BCUT2D eigenvalue weighted by Crippen LogP contribution is 2.23. The van der Waals surface area contributed by atoms with E-state index in [1.165, 1.54) is 0 Å². The highest BCUT2D eigenvalue weighted by atomic mass is 32.1. The average Bonchev–Trinajstić information content (AvgIpc) is 3.17. The number of carbonyl (C=O) groups excluding carboxylic acids is 1. The lowest BCUT2D eigenvalue weighted by Gasteiger charge is -2.29. The fourth-order valence-corrected chi connectivity index (χ4v) is 3.94. The summed E-state index contributed by atoms with van der Waals surface area (Å²) in [4.78, 5) is 15.1. The number of hydrogen-bond acceptors (Lipinski definition) is 4. The molecule has 2 aromatic rings. The lowest BCUT2D eigenvalue weighted by molar-refractivity contribution is -0.113. The molecule has 0 aromatic carbocycles. The minimum absolute atomic E-state index is 0.199. The van der Waals surface area contributed by atoms with Crippen LogP contribution in [-0.2, 0) is 4.79 Å². The van der Waals surface area contributed by atoms with Crippen molar-refractivity contribution in [1.29, 1.82) is 0 Å². The maximum atomic E-state index is 12.8. The summed E-state index contributed by atoms with van der Waals surface area (Å²) in [5.41, 5.74) is 4.06. The molecule has 1 fully saturated rings. The van der Waals surface area contributed by atoms with Crippen LogP contribution in [0.2, 0.25) is 0 Å². The summed E-state index contributed by atoms with van der Waals surface area (Å²) >= 11 is 3.32. The van der Waals surface area contributed by atoms with E-state index < -0.39 is 0 Å². The van der Waals surface area contributed by atoms with Crippen molar-refractivity contribution in [2.75, 3.05) is 19.6 Å². The predicted octanol–water partition coefficient (Wildman–Crippen LogP) is 4.57. The van der Waals surface area contributed by atoms with Crippen LogP contribution in [0.1, 0.15) is 24.5 Å². The largest absolute Gasteiger partial charge is 0.295 e. The van der Waals surface area contributed by atoms with E-state index in [0.717, 1.165) is 48.3 Å². The Kier molecular flexibility index (Phi) is 5.03. The molecule has 1 aliphatic rings. The molecule has 0 radical (unpaired) electrons. The summed E-state index contributed by atoms with van der Waals surface area (Å²) in [6.07, 6.45) is 5.19. The van der Waals surface area contributed by atoms with Gasteiger partial charge in [0.15, 0.2) is 5.78 Å². The average molecular weight is 329 g/mol. The fraction of sp³-hybridized carbons (Fsp3) is 0.278. The zero-order valence-corrected chi connectivity index (χ0v) is 14.3. The summed E-state index contributed by atoms with van der Waals surface area (Å²) in [7, 11) is 0. The van der Waals surface area contributed by atoms with Gasteiger partial charge in [0.2, 0.25) is 0 Å². The van der Waals surface area contributed by atoms with Crippen molar-refractivity contribution < 1.29 is 4.79 Å². The minimum Gasteiger partial charge on any atom is -0.295 e. The third-order valence-electron chi connectivity index (χ3n) is 3.68. The second-order valence-corrected chi connectivity index (χ2v) is 7.05. The Labute approximate surface area is 139 Å². The van der Waals surface area contributed by atoms with E-state index in [2.05, 4.69) is 34.7 Å². The van der Waals surface area contributed by atoms with Crippen molar-refractivity contribution in [3.05, 3.63) is 55.9 Å². The first kappa shape index (κ1) is 15.4. The molecule has 0 unspecified atom stereocenters. The molecule has 2 aromatic heterocycles. The van der Waals surface area contributed by atoms with Crippen LogP contribution >= 0.6 is 22.7 Å². The Bertz CT molecular complexity index is 625. The van der Waals surface area contributed by atoms with Gasteiger partial charge in [-0.3, -0.25) is 9.69 Å². The summed E-state index contributed by atoms with van der Waals surface area (Å²) in [5, 5.41) is 8.26. The molecule has 4 heteroatoms. The van der Waals surface area contributed by atoms with Gasteiger partial charge in [-0.25, -0.2) is 0 Å². The molecular formula is C18H19NOS2. The van der Waals surface area contributed by atoms with Gasteiger partial charge in [-0.15, -0.1) is 0 Å². The number of carbonyl (C=O) groups is 1. The van der Waals surface area contributed by atoms with Crippen LogP contribution < -0.4 is 0 Å². The Morgan fingerprint density at radius 1 is 1.05 bits per heavy atom. The quantitative estimate of drug-likeness (QED) is 0.766. The molecule has 0 N–H and O–H groups in total. The molecule has 114 valence electrons. The summed E-state index contributed by atoms with van der Waals surface area (Å²) in [6, 6.07) is 4.12. The molecule has 0 bridgehead atoms. The lowest BCUT2D eigenvalue weighted by atomic mass is 9.95. The normalized spacial score (nSPS) is 20.1. The standard InChI is InChI=1S/C18H19NOS2/c1-2-5-19-10-16(8-14-3-6-21-12-14)18(20)17(11-19)9-15-4-7-22-13-15/h3-4,6-9,12-13H,2,5,10-11H2,1H3/b16-8-,17-9-. The number of Topliss-reactive ketones (excluding diaryl/α,β-unsaturated/α-hetero) is 1. The molecule has 0 atom stereocenters. The summed E-state index contributed by atoms with van der Waals surface area (Å²) in [5.74, 6) is 0.199. The van der Waals surface area contributed by atoms with Crippen LogP contribution in [0.4, 0.5) is 0 Å². The minimum atomic E-state index is 0.199. The molecule has 3 heterocycles. The smallest absolute Gasteiger partial charge is 0.187 e. The van der Waals surface area contributed by atoms with Gasteiger partial charge >= 0.3 is 0 Å². The van der Waals surface area contributed by atoms with E-state index in [1.54, 1.807) is 22.7 Å². The van der Waals surface area contributed by atoms with Crippen LogP contribution in [0.3, 0.4) is 0 Å². The Hall–Kier alpha value is -1.49. The van der Waals surface area contributed by atoms with Crippen molar-refractivity contribution in [3.8, 4) is 0 Å². The van der Waals surface area contributed by atoms with Crippen molar-refractivity contribution in [2.24, 2.45) is 0 Å². The Morgan fingerprint density at radius 3 is 2.00 bits per heavy atom. The number of ketones is 1. The number of nitrogens with zero attached hydrogens (tertiary/aromatic N) is 1. The van der Waals surface area contributed by atoms with Gasteiger partial charge in [-0.2, -0.15) is 22.7 Å². The third kappa shape index (κ3) is 3.64. The van der Waals surface area contributed by atoms with Gasteiger partial charge in [0.25, 0.3) is 0 Å². The number of rotatable bonds is 4. The monoisotopic (exact) mass is 329 g/mol. The number of likely N-dealkylation sites (tertiary alicyclic amines) is 1. The SMILES string of the molecule is CCCN1C/C(=C/c2ccsc2)C(=O)/C(=C\c2ccsc2)C1. The number of piperidine rings is 1. The van der Waals surface area contributed by atoms with Gasteiger partial charge in [-0.05, 0) is 69.9 Å². The summed E-state index contributed by atoms with van der Waals surface area (Å²) < 4.78 is 0. The van der Waals surface area contributed by atoms with Crippen molar-refractivity contribution in [2.45, 2.75) is 13.3 Å². The second-order valence-electron chi connectivity index (χ2n) is 5.49. The van der Waals surface area contributed by atoms with E-state index in [1.807, 2.05) is 22.9 Å². The second kappa shape index (κ2) is 7.18. The first-order valence-electron chi connectivity index (χ1n) is 7.49.